The predicted octanol–water partition coefficient (Wildman–Crippen LogP) is 1.32. The van der Waals surface area contributed by atoms with Crippen LogP contribution in [-0.4, -0.2) is 32.8 Å². The van der Waals surface area contributed by atoms with E-state index in [0.29, 0.717) is 19.0 Å². The third kappa shape index (κ3) is 5.65. The standard InChI is InChI=1S/C13H19NO4/c1-3-11-5-4-6-12(9-11)17-10-13(15)14-18-8-7-16-2/h4-6,9H,3,7-8,10H2,1-2H3,(H,14,15). The van der Waals surface area contributed by atoms with Crippen molar-refractivity contribution < 1.29 is 19.1 Å². The number of hydrogen-bond acceptors (Lipinski definition) is 4. The summed E-state index contributed by atoms with van der Waals surface area (Å²) in [7, 11) is 1.56. The van der Waals surface area contributed by atoms with Crippen molar-refractivity contribution in [3.63, 3.8) is 0 Å². The summed E-state index contributed by atoms with van der Waals surface area (Å²) >= 11 is 0. The highest BCUT2D eigenvalue weighted by Gasteiger charge is 2.02. The van der Waals surface area contributed by atoms with Crippen LogP contribution in [0, 0.1) is 0 Å². The maximum Gasteiger partial charge on any atom is 0.281 e. The summed E-state index contributed by atoms with van der Waals surface area (Å²) in [6.07, 6.45) is 0.934. The van der Waals surface area contributed by atoms with Crippen LogP contribution >= 0.6 is 0 Å². The Morgan fingerprint density at radius 1 is 1.33 bits per heavy atom. The van der Waals surface area contributed by atoms with Crippen molar-refractivity contribution in [3.8, 4) is 5.75 Å². The van der Waals surface area contributed by atoms with Crippen LogP contribution in [0.3, 0.4) is 0 Å². The van der Waals surface area contributed by atoms with Gasteiger partial charge in [0, 0.05) is 7.11 Å². The van der Waals surface area contributed by atoms with E-state index in [-0.39, 0.29) is 12.5 Å². The predicted molar refractivity (Wildman–Crippen MR) is 67.3 cm³/mol. The Morgan fingerprint density at radius 3 is 2.89 bits per heavy atom. The minimum absolute atomic E-state index is 0.0693. The van der Waals surface area contributed by atoms with Crippen LogP contribution in [0.2, 0.25) is 0 Å². The van der Waals surface area contributed by atoms with E-state index in [2.05, 4.69) is 12.4 Å². The molecule has 1 aromatic carbocycles. The van der Waals surface area contributed by atoms with E-state index < -0.39 is 0 Å². The highest BCUT2D eigenvalue weighted by Crippen LogP contribution is 2.13. The summed E-state index contributed by atoms with van der Waals surface area (Å²) in [4.78, 5) is 16.2. The fourth-order valence-corrected chi connectivity index (χ4v) is 1.29. The lowest BCUT2D eigenvalue weighted by Gasteiger charge is -2.08. The third-order valence-electron chi connectivity index (χ3n) is 2.25. The van der Waals surface area contributed by atoms with Crippen molar-refractivity contribution >= 4 is 5.91 Å². The van der Waals surface area contributed by atoms with E-state index >= 15 is 0 Å². The van der Waals surface area contributed by atoms with Crippen molar-refractivity contribution in [1.29, 1.82) is 0 Å². The van der Waals surface area contributed by atoms with Gasteiger partial charge in [0.25, 0.3) is 5.91 Å². The first-order valence-corrected chi connectivity index (χ1v) is 5.87. The molecule has 100 valence electrons. The van der Waals surface area contributed by atoms with Gasteiger partial charge in [0.1, 0.15) is 5.75 Å². The fourth-order valence-electron chi connectivity index (χ4n) is 1.29. The molecule has 0 saturated heterocycles. The first kappa shape index (κ1) is 14.5. The van der Waals surface area contributed by atoms with E-state index in [4.69, 9.17) is 14.3 Å². The summed E-state index contributed by atoms with van der Waals surface area (Å²) in [5.41, 5.74) is 3.44. The highest BCUT2D eigenvalue weighted by molar-refractivity contribution is 5.76. The summed E-state index contributed by atoms with van der Waals surface area (Å²) in [5, 5.41) is 0. The van der Waals surface area contributed by atoms with Gasteiger partial charge in [0.2, 0.25) is 0 Å². The van der Waals surface area contributed by atoms with Crippen molar-refractivity contribution in [1.82, 2.24) is 5.48 Å². The number of amides is 1. The Kier molecular flexibility index (Phi) is 6.83. The van der Waals surface area contributed by atoms with Crippen molar-refractivity contribution in [3.05, 3.63) is 29.8 Å². The van der Waals surface area contributed by atoms with Crippen LogP contribution in [0.4, 0.5) is 0 Å². The minimum Gasteiger partial charge on any atom is -0.484 e. The lowest BCUT2D eigenvalue weighted by Crippen LogP contribution is -2.30. The van der Waals surface area contributed by atoms with E-state index in [0.717, 1.165) is 6.42 Å². The number of rotatable bonds is 8. The van der Waals surface area contributed by atoms with Crippen LogP contribution in [0.1, 0.15) is 12.5 Å². The first-order valence-electron chi connectivity index (χ1n) is 5.87. The van der Waals surface area contributed by atoms with Gasteiger partial charge in [0.05, 0.1) is 13.2 Å². The average molecular weight is 253 g/mol. The maximum absolute atomic E-state index is 11.3. The number of nitrogens with one attached hydrogen (secondary N) is 1. The molecule has 1 rings (SSSR count). The van der Waals surface area contributed by atoms with Gasteiger partial charge in [0.15, 0.2) is 6.61 Å². The largest absolute Gasteiger partial charge is 0.484 e. The molecule has 0 aromatic heterocycles. The topological polar surface area (TPSA) is 56.8 Å². The number of carbonyl (C=O) groups excluding carboxylic acids is 1. The molecule has 1 amide bonds. The second-order valence-corrected chi connectivity index (χ2v) is 3.66. The van der Waals surface area contributed by atoms with Gasteiger partial charge < -0.3 is 9.47 Å². The van der Waals surface area contributed by atoms with Gasteiger partial charge in [-0.05, 0) is 24.1 Å². The molecule has 0 unspecified atom stereocenters. The molecule has 0 aliphatic rings. The Labute approximate surface area is 107 Å². The monoisotopic (exact) mass is 253 g/mol. The summed E-state index contributed by atoms with van der Waals surface area (Å²) in [6, 6.07) is 7.65. The molecule has 0 spiro atoms. The maximum atomic E-state index is 11.3. The molecule has 0 atom stereocenters. The molecular weight excluding hydrogens is 234 g/mol. The number of benzene rings is 1. The van der Waals surface area contributed by atoms with E-state index in [1.165, 1.54) is 5.56 Å². The van der Waals surface area contributed by atoms with Gasteiger partial charge in [-0.2, -0.15) is 0 Å². The van der Waals surface area contributed by atoms with Crippen LogP contribution < -0.4 is 10.2 Å². The molecule has 5 nitrogen and oxygen atoms in total. The van der Waals surface area contributed by atoms with E-state index in [1.807, 2.05) is 24.3 Å². The van der Waals surface area contributed by atoms with Crippen LogP contribution in [0.25, 0.3) is 0 Å². The van der Waals surface area contributed by atoms with Gasteiger partial charge in [-0.15, -0.1) is 0 Å². The summed E-state index contributed by atoms with van der Waals surface area (Å²) < 4.78 is 10.1. The van der Waals surface area contributed by atoms with Crippen LogP contribution in [0.15, 0.2) is 24.3 Å². The zero-order valence-electron chi connectivity index (χ0n) is 10.8. The number of aryl methyl sites for hydroxylation is 1. The molecule has 0 saturated carbocycles. The molecule has 0 aliphatic carbocycles. The minimum atomic E-state index is -0.326. The number of hydrogen-bond donors (Lipinski definition) is 1. The van der Waals surface area contributed by atoms with Crippen LogP contribution in [-0.2, 0) is 20.8 Å². The Morgan fingerprint density at radius 2 is 2.17 bits per heavy atom. The molecule has 0 bridgehead atoms. The van der Waals surface area contributed by atoms with Gasteiger partial charge >= 0.3 is 0 Å². The SMILES string of the molecule is CCc1cccc(OCC(=O)NOCCOC)c1. The quantitative estimate of drug-likeness (QED) is 0.561. The second-order valence-electron chi connectivity index (χ2n) is 3.66. The zero-order valence-corrected chi connectivity index (χ0v) is 10.8. The van der Waals surface area contributed by atoms with Crippen molar-refractivity contribution in [2.75, 3.05) is 26.9 Å². The van der Waals surface area contributed by atoms with Crippen molar-refractivity contribution in [2.24, 2.45) is 0 Å². The van der Waals surface area contributed by atoms with Gasteiger partial charge in [-0.25, -0.2) is 5.48 Å². The zero-order chi connectivity index (χ0) is 13.2. The smallest absolute Gasteiger partial charge is 0.281 e. The average Bonchev–Trinajstić information content (AvgIpc) is 2.41. The first-order chi connectivity index (χ1) is 8.76. The number of methoxy groups -OCH3 is 1. The number of ether oxygens (including phenoxy) is 2. The van der Waals surface area contributed by atoms with Crippen molar-refractivity contribution in [2.45, 2.75) is 13.3 Å². The molecule has 1 aromatic rings. The lowest BCUT2D eigenvalue weighted by molar-refractivity contribution is -0.136. The van der Waals surface area contributed by atoms with E-state index in [1.54, 1.807) is 7.11 Å². The molecular formula is C13H19NO4. The van der Waals surface area contributed by atoms with Gasteiger partial charge in [-0.3, -0.25) is 9.63 Å². The summed E-state index contributed by atoms with van der Waals surface area (Å²) in [6.45, 7) is 2.74. The van der Waals surface area contributed by atoms with Crippen LogP contribution in [0.5, 0.6) is 5.75 Å². The molecule has 5 heteroatoms. The summed E-state index contributed by atoms with van der Waals surface area (Å²) in [5.74, 6) is 0.356. The Balaban J connectivity index is 2.24. The molecule has 0 radical (unpaired) electrons. The third-order valence-corrected chi connectivity index (χ3v) is 2.25. The highest BCUT2D eigenvalue weighted by atomic mass is 16.7. The lowest BCUT2D eigenvalue weighted by atomic mass is 10.2. The number of hydroxylamine groups is 1. The fraction of sp³-hybridized carbons (Fsp3) is 0.462. The molecule has 1 N–H and O–H groups in total. The Hall–Kier alpha value is -1.59. The molecule has 18 heavy (non-hydrogen) atoms. The molecule has 0 heterocycles. The molecule has 0 aliphatic heterocycles. The second kappa shape index (κ2) is 8.49. The van der Waals surface area contributed by atoms with Gasteiger partial charge in [-0.1, -0.05) is 19.1 Å². The normalized spacial score (nSPS) is 10.1. The molecule has 0 fully saturated rings. The van der Waals surface area contributed by atoms with E-state index in [9.17, 15) is 4.79 Å². The number of carbonyl (C=O) groups is 1. The Bertz CT molecular complexity index is 368.